The van der Waals surface area contributed by atoms with E-state index in [0.717, 1.165) is 6.07 Å². The van der Waals surface area contributed by atoms with Gasteiger partial charge in [-0.3, -0.25) is 0 Å². The summed E-state index contributed by atoms with van der Waals surface area (Å²) in [6, 6.07) is 0.918. The minimum Gasteiger partial charge on any atom is -0.388 e. The zero-order chi connectivity index (χ0) is 13.2. The smallest absolute Gasteiger partial charge is 0.388 e. The molecule has 0 fully saturated rings. The summed E-state index contributed by atoms with van der Waals surface area (Å²) in [5.74, 6) is -0.914. The minimum absolute atomic E-state index is 0.0227. The standard InChI is InChI=1S/C9H9F5N2O/c1-4-2-6(17-9(12,13)14)16-7(8(10)11)5(4)3-15/h2,8H,3,15H2,1H3. The Morgan fingerprint density at radius 1 is 1.41 bits per heavy atom. The number of halogens is 5. The fourth-order valence-corrected chi connectivity index (χ4v) is 1.31. The third-order valence-corrected chi connectivity index (χ3v) is 1.99. The normalized spacial score (nSPS) is 12.0. The molecule has 0 amide bonds. The van der Waals surface area contributed by atoms with Gasteiger partial charge in [0, 0.05) is 12.6 Å². The average Bonchev–Trinajstić information content (AvgIpc) is 2.13. The summed E-state index contributed by atoms with van der Waals surface area (Å²) < 4.78 is 64.3. The van der Waals surface area contributed by atoms with Crippen LogP contribution in [0.5, 0.6) is 5.88 Å². The number of nitrogens with two attached hydrogens (primary N) is 1. The average molecular weight is 256 g/mol. The van der Waals surface area contributed by atoms with Crippen molar-refractivity contribution in [3.8, 4) is 5.88 Å². The van der Waals surface area contributed by atoms with E-state index in [9.17, 15) is 22.0 Å². The van der Waals surface area contributed by atoms with Gasteiger partial charge in [0.2, 0.25) is 5.88 Å². The molecule has 0 aliphatic heterocycles. The quantitative estimate of drug-likeness (QED) is 0.846. The maximum atomic E-state index is 12.6. The molecule has 0 aliphatic rings. The molecule has 3 nitrogen and oxygen atoms in total. The molecule has 0 saturated heterocycles. The Morgan fingerprint density at radius 2 is 2.00 bits per heavy atom. The van der Waals surface area contributed by atoms with Crippen molar-refractivity contribution in [1.29, 1.82) is 0 Å². The predicted molar refractivity (Wildman–Crippen MR) is 48.5 cm³/mol. The van der Waals surface area contributed by atoms with Crippen LogP contribution in [0.1, 0.15) is 23.2 Å². The van der Waals surface area contributed by atoms with Crippen LogP contribution in [-0.2, 0) is 6.54 Å². The van der Waals surface area contributed by atoms with Gasteiger partial charge in [-0.25, -0.2) is 13.8 Å². The first kappa shape index (κ1) is 13.6. The number of pyridine rings is 1. The Balaban J connectivity index is 3.20. The molecule has 0 radical (unpaired) electrons. The lowest BCUT2D eigenvalue weighted by Crippen LogP contribution is -2.19. The second-order valence-electron chi connectivity index (χ2n) is 3.19. The topological polar surface area (TPSA) is 48.1 Å². The van der Waals surface area contributed by atoms with Crippen LogP contribution in [0.15, 0.2) is 6.07 Å². The lowest BCUT2D eigenvalue weighted by molar-refractivity contribution is -0.276. The van der Waals surface area contributed by atoms with Crippen molar-refractivity contribution in [2.45, 2.75) is 26.3 Å². The zero-order valence-electron chi connectivity index (χ0n) is 8.68. The number of aromatic nitrogens is 1. The van der Waals surface area contributed by atoms with Gasteiger partial charge in [-0.1, -0.05) is 0 Å². The Morgan fingerprint density at radius 3 is 2.41 bits per heavy atom. The molecular weight excluding hydrogens is 247 g/mol. The maximum Gasteiger partial charge on any atom is 0.574 e. The summed E-state index contributed by atoms with van der Waals surface area (Å²) in [6.45, 7) is 1.13. The van der Waals surface area contributed by atoms with Gasteiger partial charge < -0.3 is 10.5 Å². The molecule has 0 aromatic carbocycles. The van der Waals surface area contributed by atoms with Crippen LogP contribution in [0.25, 0.3) is 0 Å². The fourth-order valence-electron chi connectivity index (χ4n) is 1.31. The van der Waals surface area contributed by atoms with E-state index >= 15 is 0 Å². The lowest BCUT2D eigenvalue weighted by Gasteiger charge is -2.13. The van der Waals surface area contributed by atoms with Crippen LogP contribution in [0.3, 0.4) is 0 Å². The van der Waals surface area contributed by atoms with Gasteiger partial charge in [0.15, 0.2) is 0 Å². The molecule has 2 N–H and O–H groups in total. The number of nitrogens with zero attached hydrogens (tertiary/aromatic N) is 1. The Kier molecular flexibility index (Phi) is 3.87. The van der Waals surface area contributed by atoms with E-state index in [-0.39, 0.29) is 17.7 Å². The molecule has 0 atom stereocenters. The molecule has 1 heterocycles. The number of aryl methyl sites for hydroxylation is 1. The molecule has 1 aromatic heterocycles. The van der Waals surface area contributed by atoms with Crippen LogP contribution >= 0.6 is 0 Å². The largest absolute Gasteiger partial charge is 0.574 e. The molecule has 0 unspecified atom stereocenters. The van der Waals surface area contributed by atoms with Crippen molar-refractivity contribution in [3.63, 3.8) is 0 Å². The zero-order valence-corrected chi connectivity index (χ0v) is 8.68. The first-order chi connectivity index (χ1) is 7.74. The highest BCUT2D eigenvalue weighted by Crippen LogP contribution is 2.29. The van der Waals surface area contributed by atoms with Gasteiger partial charge >= 0.3 is 6.36 Å². The molecular formula is C9H9F5N2O. The van der Waals surface area contributed by atoms with E-state index in [0.29, 0.717) is 0 Å². The Labute approximate surface area is 93.4 Å². The van der Waals surface area contributed by atoms with E-state index < -0.39 is 24.4 Å². The first-order valence-electron chi connectivity index (χ1n) is 4.49. The highest BCUT2D eigenvalue weighted by Gasteiger charge is 2.32. The summed E-state index contributed by atoms with van der Waals surface area (Å²) in [5, 5.41) is 0. The van der Waals surface area contributed by atoms with Crippen LogP contribution in [-0.4, -0.2) is 11.3 Å². The number of alkyl halides is 5. The summed E-state index contributed by atoms with van der Waals surface area (Å²) in [7, 11) is 0. The molecule has 0 aliphatic carbocycles. The minimum atomic E-state index is -4.97. The molecule has 0 saturated carbocycles. The second kappa shape index (κ2) is 4.82. The van der Waals surface area contributed by atoms with Gasteiger partial charge in [0.05, 0.1) is 0 Å². The molecule has 96 valence electrons. The maximum absolute atomic E-state index is 12.6. The van der Waals surface area contributed by atoms with E-state index in [1.165, 1.54) is 6.92 Å². The Hall–Kier alpha value is -1.44. The summed E-state index contributed by atoms with van der Waals surface area (Å²) in [4.78, 5) is 3.12. The summed E-state index contributed by atoms with van der Waals surface area (Å²) in [5.41, 5.74) is 4.65. The second-order valence-corrected chi connectivity index (χ2v) is 3.19. The van der Waals surface area contributed by atoms with Crippen molar-refractivity contribution >= 4 is 0 Å². The van der Waals surface area contributed by atoms with Crippen LogP contribution in [0.2, 0.25) is 0 Å². The highest BCUT2D eigenvalue weighted by atomic mass is 19.4. The van der Waals surface area contributed by atoms with E-state index in [4.69, 9.17) is 5.73 Å². The van der Waals surface area contributed by atoms with Crippen molar-refractivity contribution in [1.82, 2.24) is 4.98 Å². The molecule has 1 aromatic rings. The first-order valence-corrected chi connectivity index (χ1v) is 4.49. The van der Waals surface area contributed by atoms with Crippen molar-refractivity contribution in [2.24, 2.45) is 5.73 Å². The Bertz CT molecular complexity index is 405. The predicted octanol–water partition coefficient (Wildman–Crippen LogP) is 2.68. The highest BCUT2D eigenvalue weighted by molar-refractivity contribution is 5.34. The number of ether oxygens (including phenoxy) is 1. The molecule has 0 bridgehead atoms. The fraction of sp³-hybridized carbons (Fsp3) is 0.444. The molecule has 0 spiro atoms. The van der Waals surface area contributed by atoms with E-state index in [1.807, 2.05) is 0 Å². The van der Waals surface area contributed by atoms with Gasteiger partial charge in [-0.05, 0) is 18.1 Å². The summed E-state index contributed by atoms with van der Waals surface area (Å²) in [6.07, 6.45) is -7.98. The van der Waals surface area contributed by atoms with Gasteiger partial charge in [-0.2, -0.15) is 0 Å². The number of rotatable bonds is 3. The van der Waals surface area contributed by atoms with Crippen molar-refractivity contribution in [3.05, 3.63) is 22.9 Å². The third-order valence-electron chi connectivity index (χ3n) is 1.99. The van der Waals surface area contributed by atoms with Gasteiger partial charge in [0.25, 0.3) is 6.43 Å². The lowest BCUT2D eigenvalue weighted by atomic mass is 10.1. The molecule has 17 heavy (non-hydrogen) atoms. The van der Waals surface area contributed by atoms with E-state index in [2.05, 4.69) is 9.72 Å². The molecule has 8 heteroatoms. The molecule has 1 rings (SSSR count). The summed E-state index contributed by atoms with van der Waals surface area (Å²) >= 11 is 0. The van der Waals surface area contributed by atoms with Crippen LogP contribution in [0.4, 0.5) is 22.0 Å². The SMILES string of the molecule is Cc1cc(OC(F)(F)F)nc(C(F)F)c1CN. The third kappa shape index (κ3) is 3.52. The number of hydrogen-bond acceptors (Lipinski definition) is 3. The van der Waals surface area contributed by atoms with Crippen molar-refractivity contribution < 1.29 is 26.7 Å². The van der Waals surface area contributed by atoms with Crippen LogP contribution < -0.4 is 10.5 Å². The van der Waals surface area contributed by atoms with Crippen molar-refractivity contribution in [2.75, 3.05) is 0 Å². The van der Waals surface area contributed by atoms with Gasteiger partial charge in [-0.15, -0.1) is 13.2 Å². The monoisotopic (exact) mass is 256 g/mol. The van der Waals surface area contributed by atoms with Crippen LogP contribution in [0, 0.1) is 6.92 Å². The number of hydrogen-bond donors (Lipinski definition) is 1. The van der Waals surface area contributed by atoms with Gasteiger partial charge in [0.1, 0.15) is 5.69 Å². The van der Waals surface area contributed by atoms with E-state index in [1.54, 1.807) is 0 Å².